The van der Waals surface area contributed by atoms with Crippen LogP contribution in [0.4, 0.5) is 0 Å². The molecule has 1 aliphatic rings. The summed E-state index contributed by atoms with van der Waals surface area (Å²) in [5, 5.41) is 9.83. The van der Waals surface area contributed by atoms with Gasteiger partial charge in [0.05, 0.1) is 6.10 Å². The van der Waals surface area contributed by atoms with Gasteiger partial charge in [0.15, 0.2) is 0 Å². The van der Waals surface area contributed by atoms with Gasteiger partial charge in [-0.1, -0.05) is 25.5 Å². The first-order valence-electron chi connectivity index (χ1n) is 6.23. The van der Waals surface area contributed by atoms with Crippen LogP contribution in [0, 0.1) is 0 Å². The van der Waals surface area contributed by atoms with Gasteiger partial charge in [0, 0.05) is 0 Å². The first kappa shape index (κ1) is 11.5. The predicted octanol–water partition coefficient (Wildman–Crippen LogP) is 2.93. The van der Waals surface area contributed by atoms with E-state index in [0.717, 1.165) is 37.9 Å². The number of aryl methyl sites for hydroxylation is 1. The minimum atomic E-state index is -0.293. The molecule has 16 heavy (non-hydrogen) atoms. The first-order chi connectivity index (χ1) is 7.79. The molecule has 1 N–H and O–H groups in total. The van der Waals surface area contributed by atoms with Crippen LogP contribution in [0.2, 0.25) is 0 Å². The molecule has 2 nitrogen and oxygen atoms in total. The van der Waals surface area contributed by atoms with Crippen LogP contribution in [0.25, 0.3) is 0 Å². The molecule has 0 amide bonds. The molecule has 0 unspecified atom stereocenters. The van der Waals surface area contributed by atoms with Gasteiger partial charge in [-0.2, -0.15) is 0 Å². The largest absolute Gasteiger partial charge is 0.488 e. The Morgan fingerprint density at radius 3 is 2.88 bits per heavy atom. The summed E-state index contributed by atoms with van der Waals surface area (Å²) < 4.78 is 5.86. The molecule has 0 saturated heterocycles. The molecule has 1 aromatic carbocycles. The zero-order valence-corrected chi connectivity index (χ0v) is 9.86. The molecular formula is C14H20O2. The zero-order valence-electron chi connectivity index (χ0n) is 9.86. The third-order valence-electron chi connectivity index (χ3n) is 3.26. The Hall–Kier alpha value is -1.02. The van der Waals surface area contributed by atoms with Crippen molar-refractivity contribution in [2.45, 2.75) is 51.2 Å². The highest BCUT2D eigenvalue weighted by Crippen LogP contribution is 2.24. The summed E-state index contributed by atoms with van der Waals surface area (Å²) in [5.41, 5.74) is 1.28. The quantitative estimate of drug-likeness (QED) is 0.848. The Labute approximate surface area is 97.3 Å². The lowest BCUT2D eigenvalue weighted by Gasteiger charge is -2.28. The van der Waals surface area contributed by atoms with E-state index in [4.69, 9.17) is 4.74 Å². The number of hydrogen-bond donors (Lipinski definition) is 1. The van der Waals surface area contributed by atoms with Crippen LogP contribution < -0.4 is 4.74 Å². The molecule has 88 valence electrons. The number of aliphatic hydroxyl groups is 1. The van der Waals surface area contributed by atoms with Gasteiger partial charge in [0.25, 0.3) is 0 Å². The minimum Gasteiger partial charge on any atom is -0.488 e. The van der Waals surface area contributed by atoms with Crippen LogP contribution in [0.1, 0.15) is 38.2 Å². The zero-order chi connectivity index (χ0) is 11.4. The predicted molar refractivity (Wildman–Crippen MR) is 64.7 cm³/mol. The lowest BCUT2D eigenvalue weighted by Crippen LogP contribution is -2.34. The van der Waals surface area contributed by atoms with Gasteiger partial charge in [0.1, 0.15) is 11.9 Å². The average molecular weight is 220 g/mol. The molecule has 1 aliphatic carbocycles. The topological polar surface area (TPSA) is 29.5 Å². The molecule has 1 aromatic rings. The molecular weight excluding hydrogens is 200 g/mol. The van der Waals surface area contributed by atoms with Gasteiger partial charge >= 0.3 is 0 Å². The van der Waals surface area contributed by atoms with Crippen molar-refractivity contribution in [2.24, 2.45) is 0 Å². The Morgan fingerprint density at radius 2 is 2.12 bits per heavy atom. The van der Waals surface area contributed by atoms with Crippen molar-refractivity contribution < 1.29 is 9.84 Å². The number of benzene rings is 1. The van der Waals surface area contributed by atoms with Crippen LogP contribution in [0.15, 0.2) is 24.3 Å². The summed E-state index contributed by atoms with van der Waals surface area (Å²) in [6.45, 7) is 2.13. The number of hydrogen-bond acceptors (Lipinski definition) is 2. The van der Waals surface area contributed by atoms with E-state index in [0.29, 0.717) is 0 Å². The highest BCUT2D eigenvalue weighted by atomic mass is 16.5. The summed E-state index contributed by atoms with van der Waals surface area (Å²) in [4.78, 5) is 0. The van der Waals surface area contributed by atoms with Gasteiger partial charge in [-0.3, -0.25) is 0 Å². The molecule has 2 atom stereocenters. The SMILES string of the molecule is CCc1cccc(O[C@@H]2CCCC[C@H]2O)c1. The van der Waals surface area contributed by atoms with E-state index in [1.165, 1.54) is 5.56 Å². The van der Waals surface area contributed by atoms with E-state index in [1.807, 2.05) is 12.1 Å². The van der Waals surface area contributed by atoms with Crippen LogP contribution in [-0.4, -0.2) is 17.3 Å². The van der Waals surface area contributed by atoms with Crippen LogP contribution in [0.5, 0.6) is 5.75 Å². The highest BCUT2D eigenvalue weighted by molar-refractivity contribution is 5.28. The maximum atomic E-state index is 9.83. The standard InChI is InChI=1S/C14H20O2/c1-2-11-6-5-7-12(10-11)16-14-9-4-3-8-13(14)15/h5-7,10,13-15H,2-4,8-9H2,1H3/t13-,14-/m1/s1. The highest BCUT2D eigenvalue weighted by Gasteiger charge is 2.24. The van der Waals surface area contributed by atoms with E-state index in [-0.39, 0.29) is 12.2 Å². The molecule has 2 heteroatoms. The first-order valence-corrected chi connectivity index (χ1v) is 6.23. The van der Waals surface area contributed by atoms with Crippen LogP contribution in [0.3, 0.4) is 0 Å². The third kappa shape index (κ3) is 2.76. The lowest BCUT2D eigenvalue weighted by molar-refractivity contribution is 0.00684. The maximum Gasteiger partial charge on any atom is 0.124 e. The molecule has 0 radical (unpaired) electrons. The van der Waals surface area contributed by atoms with E-state index >= 15 is 0 Å². The Balaban J connectivity index is 2.01. The maximum absolute atomic E-state index is 9.83. The van der Waals surface area contributed by atoms with Gasteiger partial charge in [-0.25, -0.2) is 0 Å². The van der Waals surface area contributed by atoms with Crippen molar-refractivity contribution >= 4 is 0 Å². The summed E-state index contributed by atoms with van der Waals surface area (Å²) in [5.74, 6) is 0.894. The van der Waals surface area contributed by atoms with E-state index in [2.05, 4.69) is 19.1 Å². The summed E-state index contributed by atoms with van der Waals surface area (Å²) in [6.07, 6.45) is 4.84. The molecule has 0 aromatic heterocycles. The van der Waals surface area contributed by atoms with Gasteiger partial charge in [-0.05, 0) is 43.4 Å². The van der Waals surface area contributed by atoms with Crippen molar-refractivity contribution in [3.8, 4) is 5.75 Å². The van der Waals surface area contributed by atoms with Gasteiger partial charge in [0.2, 0.25) is 0 Å². The second-order valence-electron chi connectivity index (χ2n) is 4.51. The second-order valence-corrected chi connectivity index (χ2v) is 4.51. The molecule has 1 fully saturated rings. The van der Waals surface area contributed by atoms with E-state index in [1.54, 1.807) is 0 Å². The van der Waals surface area contributed by atoms with Crippen molar-refractivity contribution in [3.63, 3.8) is 0 Å². The fraction of sp³-hybridized carbons (Fsp3) is 0.571. The summed E-state index contributed by atoms with van der Waals surface area (Å²) >= 11 is 0. The summed E-state index contributed by atoms with van der Waals surface area (Å²) in [6, 6.07) is 8.16. The molecule has 0 aliphatic heterocycles. The smallest absolute Gasteiger partial charge is 0.124 e. The number of ether oxygens (including phenoxy) is 1. The van der Waals surface area contributed by atoms with Gasteiger partial charge in [-0.15, -0.1) is 0 Å². The molecule has 0 bridgehead atoms. The Morgan fingerprint density at radius 1 is 1.31 bits per heavy atom. The van der Waals surface area contributed by atoms with Crippen LogP contribution >= 0.6 is 0 Å². The minimum absolute atomic E-state index is 0.0131. The van der Waals surface area contributed by atoms with Crippen molar-refractivity contribution in [2.75, 3.05) is 0 Å². The Kier molecular flexibility index (Phi) is 3.83. The normalized spacial score (nSPS) is 25.4. The number of rotatable bonds is 3. The third-order valence-corrected chi connectivity index (χ3v) is 3.26. The molecule has 0 heterocycles. The van der Waals surface area contributed by atoms with E-state index in [9.17, 15) is 5.11 Å². The Bertz CT molecular complexity index is 335. The monoisotopic (exact) mass is 220 g/mol. The van der Waals surface area contributed by atoms with Gasteiger partial charge < -0.3 is 9.84 Å². The fourth-order valence-corrected chi connectivity index (χ4v) is 2.23. The lowest BCUT2D eigenvalue weighted by atomic mass is 9.95. The fourth-order valence-electron chi connectivity index (χ4n) is 2.23. The molecule has 2 rings (SSSR count). The van der Waals surface area contributed by atoms with Crippen molar-refractivity contribution in [1.82, 2.24) is 0 Å². The van der Waals surface area contributed by atoms with E-state index < -0.39 is 0 Å². The number of aliphatic hydroxyl groups excluding tert-OH is 1. The van der Waals surface area contributed by atoms with Crippen LogP contribution in [-0.2, 0) is 6.42 Å². The summed E-state index contributed by atoms with van der Waals surface area (Å²) in [7, 11) is 0. The average Bonchev–Trinajstić information content (AvgIpc) is 2.32. The van der Waals surface area contributed by atoms with Crippen molar-refractivity contribution in [1.29, 1.82) is 0 Å². The molecule has 0 spiro atoms. The molecule has 1 saturated carbocycles. The second kappa shape index (κ2) is 5.35. The van der Waals surface area contributed by atoms with Crippen molar-refractivity contribution in [3.05, 3.63) is 29.8 Å².